The molecule has 29 heavy (non-hydrogen) atoms. The van der Waals surface area contributed by atoms with Gasteiger partial charge in [0, 0.05) is 17.5 Å². The highest BCUT2D eigenvalue weighted by molar-refractivity contribution is 7.99. The Kier molecular flexibility index (Phi) is 6.15. The number of hydrogen-bond donors (Lipinski definition) is 2. The number of carbonyl (C=O) groups excluding carboxylic acids is 2. The van der Waals surface area contributed by atoms with Crippen LogP contribution in [0.2, 0.25) is 0 Å². The fourth-order valence-electron chi connectivity index (χ4n) is 2.55. The Balaban J connectivity index is 1.82. The van der Waals surface area contributed by atoms with E-state index in [0.29, 0.717) is 15.5 Å². The number of rotatable bonds is 7. The Bertz CT molecular complexity index is 908. The summed E-state index contributed by atoms with van der Waals surface area (Å²) in [5.74, 6) is -2.83. The lowest BCUT2D eigenvalue weighted by molar-refractivity contribution is -0.173. The minimum absolute atomic E-state index is 0.0692. The molecule has 2 aromatic rings. The zero-order valence-corrected chi connectivity index (χ0v) is 16.2. The molecule has 0 radical (unpaired) electrons. The monoisotopic (exact) mass is 430 g/mol. The van der Waals surface area contributed by atoms with Crippen molar-refractivity contribution in [3.63, 3.8) is 0 Å². The van der Waals surface area contributed by atoms with Gasteiger partial charge in [0.25, 0.3) is 5.91 Å². The Morgan fingerprint density at radius 1 is 1.24 bits per heavy atom. The van der Waals surface area contributed by atoms with Crippen molar-refractivity contribution in [2.45, 2.75) is 48.3 Å². The van der Waals surface area contributed by atoms with Crippen LogP contribution in [0.3, 0.4) is 0 Å². The van der Waals surface area contributed by atoms with E-state index in [4.69, 9.17) is 0 Å². The summed E-state index contributed by atoms with van der Waals surface area (Å²) in [5, 5.41) is 8.87. The fraction of sp³-hybridized carbons (Fsp3) is 0.389. The van der Waals surface area contributed by atoms with Gasteiger partial charge >= 0.3 is 12.1 Å². The third kappa shape index (κ3) is 5.49. The molecule has 1 aliphatic rings. The van der Waals surface area contributed by atoms with Crippen LogP contribution < -0.4 is 10.6 Å². The van der Waals surface area contributed by atoms with Crippen molar-refractivity contribution in [1.29, 1.82) is 0 Å². The number of hydrogen-bond acceptors (Lipinski definition) is 4. The van der Waals surface area contributed by atoms with Crippen molar-refractivity contribution in [2.24, 2.45) is 0 Å². The Hall–Kier alpha value is -2.56. The molecule has 11 heteroatoms. The normalized spacial score (nSPS) is 14.0. The average molecular weight is 430 g/mol. The SMILES string of the molecule is Cc1nn(CCNC(=O)C(F)(F)F)c(C(=O)NC2CC2)c1Sc1ccc(F)cc1. The van der Waals surface area contributed by atoms with Crippen LogP contribution >= 0.6 is 11.8 Å². The van der Waals surface area contributed by atoms with E-state index in [1.54, 1.807) is 24.4 Å². The summed E-state index contributed by atoms with van der Waals surface area (Å²) in [4.78, 5) is 24.9. The maximum atomic E-state index is 13.2. The molecule has 1 heterocycles. The smallest absolute Gasteiger partial charge is 0.348 e. The number of aryl methyl sites for hydroxylation is 1. The summed E-state index contributed by atoms with van der Waals surface area (Å²) < 4.78 is 51.5. The topological polar surface area (TPSA) is 76.0 Å². The lowest BCUT2D eigenvalue weighted by Crippen LogP contribution is -2.39. The van der Waals surface area contributed by atoms with Crippen molar-refractivity contribution in [2.75, 3.05) is 6.54 Å². The predicted octanol–water partition coefficient (Wildman–Crippen LogP) is 3.05. The Morgan fingerprint density at radius 3 is 2.48 bits per heavy atom. The summed E-state index contributed by atoms with van der Waals surface area (Å²) in [7, 11) is 0. The van der Waals surface area contributed by atoms with Crippen LogP contribution in [0.4, 0.5) is 17.6 Å². The zero-order valence-electron chi connectivity index (χ0n) is 15.3. The summed E-state index contributed by atoms with van der Waals surface area (Å²) in [6.45, 7) is 1.22. The van der Waals surface area contributed by atoms with Gasteiger partial charge in [0.1, 0.15) is 11.5 Å². The molecule has 1 aromatic carbocycles. The third-order valence-corrected chi connectivity index (χ3v) is 5.30. The molecule has 0 spiro atoms. The van der Waals surface area contributed by atoms with Crippen molar-refractivity contribution in [3.8, 4) is 0 Å². The van der Waals surface area contributed by atoms with Crippen LogP contribution in [0, 0.1) is 12.7 Å². The van der Waals surface area contributed by atoms with Gasteiger partial charge in [-0.3, -0.25) is 14.3 Å². The van der Waals surface area contributed by atoms with E-state index in [-0.39, 0.29) is 30.7 Å². The van der Waals surface area contributed by atoms with Crippen LogP contribution in [0.1, 0.15) is 29.0 Å². The highest BCUT2D eigenvalue weighted by atomic mass is 32.2. The van der Waals surface area contributed by atoms with Crippen LogP contribution in [0.15, 0.2) is 34.1 Å². The van der Waals surface area contributed by atoms with E-state index >= 15 is 0 Å². The van der Waals surface area contributed by atoms with Crippen molar-refractivity contribution < 1.29 is 27.2 Å². The van der Waals surface area contributed by atoms with Crippen LogP contribution in [-0.4, -0.2) is 40.4 Å². The van der Waals surface area contributed by atoms with Crippen LogP contribution in [0.25, 0.3) is 0 Å². The molecule has 2 N–H and O–H groups in total. The molecular formula is C18H18F4N4O2S. The van der Waals surface area contributed by atoms with E-state index in [9.17, 15) is 27.2 Å². The van der Waals surface area contributed by atoms with Crippen molar-refractivity contribution in [3.05, 3.63) is 41.5 Å². The molecule has 1 aliphatic carbocycles. The maximum Gasteiger partial charge on any atom is 0.471 e. The van der Waals surface area contributed by atoms with Gasteiger partial charge in [-0.05, 0) is 44.0 Å². The molecule has 6 nitrogen and oxygen atoms in total. The number of alkyl halides is 3. The van der Waals surface area contributed by atoms with Gasteiger partial charge in [-0.1, -0.05) is 11.8 Å². The van der Waals surface area contributed by atoms with E-state index in [1.807, 2.05) is 0 Å². The summed E-state index contributed by atoms with van der Waals surface area (Å²) >= 11 is 1.21. The Morgan fingerprint density at radius 2 is 1.90 bits per heavy atom. The molecule has 0 unspecified atom stereocenters. The summed E-state index contributed by atoms with van der Waals surface area (Å²) in [6, 6.07) is 5.77. The fourth-order valence-corrected chi connectivity index (χ4v) is 3.54. The number of halogens is 4. The van der Waals surface area contributed by atoms with E-state index in [2.05, 4.69) is 10.4 Å². The lowest BCUT2D eigenvalue weighted by Gasteiger charge is -2.11. The first-order chi connectivity index (χ1) is 13.6. The third-order valence-electron chi connectivity index (χ3n) is 4.10. The summed E-state index contributed by atoms with van der Waals surface area (Å²) in [5.41, 5.74) is 0.701. The number of amides is 2. The zero-order chi connectivity index (χ0) is 21.2. The molecule has 0 saturated heterocycles. The number of nitrogens with one attached hydrogen (secondary N) is 2. The van der Waals surface area contributed by atoms with Gasteiger partial charge in [0.15, 0.2) is 0 Å². The largest absolute Gasteiger partial charge is 0.471 e. The molecule has 0 aliphatic heterocycles. The first-order valence-corrected chi connectivity index (χ1v) is 9.63. The molecule has 0 bridgehead atoms. The molecule has 3 rings (SSSR count). The van der Waals surface area contributed by atoms with Crippen LogP contribution in [-0.2, 0) is 11.3 Å². The van der Waals surface area contributed by atoms with Gasteiger partial charge in [-0.15, -0.1) is 0 Å². The molecular weight excluding hydrogens is 412 g/mol. The number of nitrogens with zero attached hydrogens (tertiary/aromatic N) is 2. The van der Waals surface area contributed by atoms with Gasteiger partial charge < -0.3 is 10.6 Å². The average Bonchev–Trinajstić information content (AvgIpc) is 3.39. The summed E-state index contributed by atoms with van der Waals surface area (Å²) in [6.07, 6.45) is -3.25. The lowest BCUT2D eigenvalue weighted by atomic mass is 10.3. The Labute approximate surface area is 168 Å². The quantitative estimate of drug-likeness (QED) is 0.662. The van der Waals surface area contributed by atoms with E-state index in [0.717, 1.165) is 12.8 Å². The molecule has 2 amide bonds. The standard InChI is InChI=1S/C18H18F4N4O2S/c1-10-15(29-13-6-2-11(19)3-7-13)14(16(27)24-12-4-5-12)26(25-10)9-8-23-17(28)18(20,21)22/h2-3,6-7,12H,4-5,8-9H2,1H3,(H,23,28)(H,24,27). The molecule has 0 atom stereocenters. The first-order valence-electron chi connectivity index (χ1n) is 8.82. The van der Waals surface area contributed by atoms with Crippen molar-refractivity contribution >= 4 is 23.6 Å². The first kappa shape index (κ1) is 21.2. The second-order valence-corrected chi connectivity index (χ2v) is 7.63. The van der Waals surface area contributed by atoms with Gasteiger partial charge in [0.05, 0.1) is 17.1 Å². The molecule has 156 valence electrons. The number of carbonyl (C=O) groups is 2. The number of benzene rings is 1. The minimum atomic E-state index is -4.98. The van der Waals surface area contributed by atoms with Gasteiger partial charge in [0.2, 0.25) is 0 Å². The van der Waals surface area contributed by atoms with Gasteiger partial charge in [-0.25, -0.2) is 4.39 Å². The predicted molar refractivity (Wildman–Crippen MR) is 97.0 cm³/mol. The minimum Gasteiger partial charge on any atom is -0.348 e. The van der Waals surface area contributed by atoms with Gasteiger partial charge in [-0.2, -0.15) is 18.3 Å². The molecule has 1 fully saturated rings. The second kappa shape index (κ2) is 8.44. The van der Waals surface area contributed by atoms with Crippen LogP contribution in [0.5, 0.6) is 0 Å². The highest BCUT2D eigenvalue weighted by Gasteiger charge is 2.38. The van der Waals surface area contributed by atoms with Crippen molar-refractivity contribution in [1.82, 2.24) is 20.4 Å². The highest BCUT2D eigenvalue weighted by Crippen LogP contribution is 2.34. The van der Waals surface area contributed by atoms with E-state index < -0.39 is 17.9 Å². The van der Waals surface area contributed by atoms with E-state index in [1.165, 1.54) is 28.6 Å². The maximum absolute atomic E-state index is 13.2. The molecule has 1 saturated carbocycles. The molecule has 1 aromatic heterocycles. The second-order valence-electron chi connectivity index (χ2n) is 6.54. The number of aromatic nitrogens is 2.